The summed E-state index contributed by atoms with van der Waals surface area (Å²) >= 11 is 0. The Morgan fingerprint density at radius 1 is 1.00 bits per heavy atom. The number of rotatable bonds is 4. The minimum absolute atomic E-state index is 0.00413. The predicted octanol–water partition coefficient (Wildman–Crippen LogP) is 1.75. The van der Waals surface area contributed by atoms with Gasteiger partial charge in [-0.2, -0.15) is 0 Å². The second-order valence-electron chi connectivity index (χ2n) is 4.16. The van der Waals surface area contributed by atoms with E-state index in [0.717, 1.165) is 5.69 Å². The van der Waals surface area contributed by atoms with E-state index < -0.39 is 0 Å². The van der Waals surface area contributed by atoms with Crippen LogP contribution in [-0.2, 0) is 0 Å². The third kappa shape index (κ3) is 2.89. The van der Waals surface area contributed by atoms with Gasteiger partial charge in [-0.15, -0.1) is 0 Å². The van der Waals surface area contributed by atoms with Crippen LogP contribution in [0.2, 0.25) is 0 Å². The highest BCUT2D eigenvalue weighted by Crippen LogP contribution is 2.37. The minimum atomic E-state index is -0.00413. The van der Waals surface area contributed by atoms with E-state index in [0.29, 0.717) is 23.4 Å². The molecule has 0 aliphatic carbocycles. The fourth-order valence-corrected chi connectivity index (χ4v) is 1.87. The first-order chi connectivity index (χ1) is 9.11. The summed E-state index contributed by atoms with van der Waals surface area (Å²) in [5.74, 6) is 0.110. The van der Waals surface area contributed by atoms with Crippen LogP contribution in [0.1, 0.15) is 0 Å². The van der Waals surface area contributed by atoms with E-state index in [1.807, 2.05) is 0 Å². The third-order valence-corrected chi connectivity index (χ3v) is 2.74. The van der Waals surface area contributed by atoms with Gasteiger partial charge in [-0.25, -0.2) is 0 Å². The monoisotopic (exact) mass is 260 g/mol. The van der Waals surface area contributed by atoms with Crippen LogP contribution in [0.5, 0.6) is 11.5 Å². The Hall–Kier alpha value is -2.40. The lowest BCUT2D eigenvalue weighted by Crippen LogP contribution is -2.06. The molecule has 0 atom stereocenters. The van der Waals surface area contributed by atoms with Gasteiger partial charge in [-0.3, -0.25) is 0 Å². The molecular formula is C14H16N2O3. The van der Waals surface area contributed by atoms with Crippen LogP contribution in [0.3, 0.4) is 0 Å². The van der Waals surface area contributed by atoms with Crippen molar-refractivity contribution in [3.63, 3.8) is 0 Å². The fourth-order valence-electron chi connectivity index (χ4n) is 1.87. The lowest BCUT2D eigenvalue weighted by Gasteiger charge is -2.13. The smallest absolute Gasteiger partial charge is 0.123 e. The lowest BCUT2D eigenvalue weighted by atomic mass is 10.0. The first-order valence-electron chi connectivity index (χ1n) is 5.88. The Balaban J connectivity index is 2.52. The standard InChI is InChI=1S/C14H16N2O3/c15-9-1-3-13(16-5-6-17)11(7-9)12-8-10(18)2-4-14(12)19/h1-4,7-8,16-19H,5-6,15H2. The number of aliphatic hydroxyl groups excluding tert-OH is 1. The molecule has 0 aliphatic rings. The van der Waals surface area contributed by atoms with Gasteiger partial charge in [0.1, 0.15) is 11.5 Å². The van der Waals surface area contributed by atoms with E-state index in [4.69, 9.17) is 10.8 Å². The number of hydrogen-bond acceptors (Lipinski definition) is 5. The topological polar surface area (TPSA) is 98.7 Å². The highest BCUT2D eigenvalue weighted by Gasteiger charge is 2.10. The number of phenolic OH excluding ortho intramolecular Hbond substituents is 2. The fraction of sp³-hybridized carbons (Fsp3) is 0.143. The molecule has 2 aromatic carbocycles. The second kappa shape index (κ2) is 5.49. The van der Waals surface area contributed by atoms with Crippen LogP contribution in [0.4, 0.5) is 11.4 Å². The Morgan fingerprint density at radius 3 is 2.53 bits per heavy atom. The largest absolute Gasteiger partial charge is 0.508 e. The Morgan fingerprint density at radius 2 is 1.79 bits per heavy atom. The zero-order valence-corrected chi connectivity index (χ0v) is 10.3. The van der Waals surface area contributed by atoms with Crippen molar-refractivity contribution in [1.82, 2.24) is 0 Å². The van der Waals surface area contributed by atoms with E-state index in [1.54, 1.807) is 18.2 Å². The van der Waals surface area contributed by atoms with Crippen LogP contribution < -0.4 is 11.1 Å². The molecule has 5 heteroatoms. The van der Waals surface area contributed by atoms with E-state index in [-0.39, 0.29) is 18.1 Å². The molecule has 0 bridgehead atoms. The van der Waals surface area contributed by atoms with Gasteiger partial charge < -0.3 is 26.4 Å². The second-order valence-corrected chi connectivity index (χ2v) is 4.16. The summed E-state index contributed by atoms with van der Waals surface area (Å²) in [5, 5.41) is 31.3. The number of nitrogens with one attached hydrogen (secondary N) is 1. The molecule has 0 aromatic heterocycles. The van der Waals surface area contributed by atoms with Crippen LogP contribution >= 0.6 is 0 Å². The van der Waals surface area contributed by atoms with Crippen molar-refractivity contribution in [1.29, 1.82) is 0 Å². The van der Waals surface area contributed by atoms with E-state index >= 15 is 0 Å². The highest BCUT2D eigenvalue weighted by molar-refractivity contribution is 5.84. The normalized spacial score (nSPS) is 10.4. The van der Waals surface area contributed by atoms with Crippen LogP contribution in [0.25, 0.3) is 11.1 Å². The molecule has 100 valence electrons. The van der Waals surface area contributed by atoms with Gasteiger partial charge in [0, 0.05) is 29.0 Å². The molecule has 0 saturated carbocycles. The van der Waals surface area contributed by atoms with Crippen molar-refractivity contribution in [3.8, 4) is 22.6 Å². The summed E-state index contributed by atoms with van der Waals surface area (Å²) in [6.45, 7) is 0.381. The van der Waals surface area contributed by atoms with Crippen molar-refractivity contribution in [2.24, 2.45) is 0 Å². The Kier molecular flexibility index (Phi) is 3.77. The van der Waals surface area contributed by atoms with Gasteiger partial charge in [0.25, 0.3) is 0 Å². The number of phenols is 2. The summed E-state index contributed by atoms with van der Waals surface area (Å²) in [6.07, 6.45) is 0. The summed E-state index contributed by atoms with van der Waals surface area (Å²) in [5.41, 5.74) is 8.18. The molecular weight excluding hydrogens is 244 g/mol. The molecule has 0 amide bonds. The van der Waals surface area contributed by atoms with Crippen LogP contribution in [0, 0.1) is 0 Å². The predicted molar refractivity (Wildman–Crippen MR) is 75.2 cm³/mol. The molecule has 0 fully saturated rings. The summed E-state index contributed by atoms with van der Waals surface area (Å²) in [6, 6.07) is 9.49. The van der Waals surface area contributed by atoms with Crippen molar-refractivity contribution in [2.45, 2.75) is 0 Å². The number of nitrogen functional groups attached to an aromatic ring is 1. The number of aromatic hydroxyl groups is 2. The van der Waals surface area contributed by atoms with Gasteiger partial charge in [-0.1, -0.05) is 0 Å². The van der Waals surface area contributed by atoms with E-state index in [9.17, 15) is 10.2 Å². The molecule has 2 rings (SSSR count). The molecule has 2 aromatic rings. The van der Waals surface area contributed by atoms with Crippen molar-refractivity contribution in [3.05, 3.63) is 36.4 Å². The van der Waals surface area contributed by atoms with Gasteiger partial charge in [-0.05, 0) is 36.4 Å². The zero-order valence-electron chi connectivity index (χ0n) is 10.3. The highest BCUT2D eigenvalue weighted by atomic mass is 16.3. The molecule has 0 radical (unpaired) electrons. The van der Waals surface area contributed by atoms with Gasteiger partial charge in [0.15, 0.2) is 0 Å². The Labute approximate surface area is 110 Å². The lowest BCUT2D eigenvalue weighted by molar-refractivity contribution is 0.311. The van der Waals surface area contributed by atoms with Gasteiger partial charge >= 0.3 is 0 Å². The molecule has 0 aliphatic heterocycles. The zero-order chi connectivity index (χ0) is 13.8. The molecule has 6 N–H and O–H groups in total. The molecule has 0 spiro atoms. The first-order valence-corrected chi connectivity index (χ1v) is 5.88. The molecule has 0 saturated heterocycles. The summed E-state index contributed by atoms with van der Waals surface area (Å²) in [7, 11) is 0. The van der Waals surface area contributed by atoms with E-state index in [2.05, 4.69) is 5.32 Å². The molecule has 5 nitrogen and oxygen atoms in total. The number of hydrogen-bond donors (Lipinski definition) is 5. The third-order valence-electron chi connectivity index (χ3n) is 2.74. The first kappa shape index (κ1) is 13.0. The number of benzene rings is 2. The van der Waals surface area contributed by atoms with E-state index in [1.165, 1.54) is 18.2 Å². The number of aliphatic hydroxyl groups is 1. The number of nitrogens with two attached hydrogens (primary N) is 1. The molecule has 19 heavy (non-hydrogen) atoms. The van der Waals surface area contributed by atoms with Crippen molar-refractivity contribution in [2.75, 3.05) is 24.2 Å². The maximum absolute atomic E-state index is 9.90. The van der Waals surface area contributed by atoms with Crippen LogP contribution in [-0.4, -0.2) is 28.5 Å². The molecule has 0 heterocycles. The van der Waals surface area contributed by atoms with Gasteiger partial charge in [0.2, 0.25) is 0 Å². The van der Waals surface area contributed by atoms with Crippen molar-refractivity contribution >= 4 is 11.4 Å². The quantitative estimate of drug-likeness (QED) is 0.426. The minimum Gasteiger partial charge on any atom is -0.508 e. The SMILES string of the molecule is Nc1ccc(NCCO)c(-c2cc(O)ccc2O)c1. The Bertz CT molecular complexity index is 585. The summed E-state index contributed by atoms with van der Waals surface area (Å²) in [4.78, 5) is 0. The average molecular weight is 260 g/mol. The van der Waals surface area contributed by atoms with Crippen LogP contribution in [0.15, 0.2) is 36.4 Å². The number of anilines is 2. The van der Waals surface area contributed by atoms with Crippen molar-refractivity contribution < 1.29 is 15.3 Å². The molecule has 0 unspecified atom stereocenters. The van der Waals surface area contributed by atoms with Gasteiger partial charge in [0.05, 0.1) is 6.61 Å². The maximum Gasteiger partial charge on any atom is 0.123 e. The summed E-state index contributed by atoms with van der Waals surface area (Å²) < 4.78 is 0. The maximum atomic E-state index is 9.90. The average Bonchev–Trinajstić information content (AvgIpc) is 2.40.